The first kappa shape index (κ1) is 20.5. The van der Waals surface area contributed by atoms with Crippen molar-refractivity contribution in [3.8, 4) is 0 Å². The number of sulfonamides is 1. The van der Waals surface area contributed by atoms with Crippen molar-refractivity contribution in [3.05, 3.63) is 71.8 Å². The number of hydrogen-bond acceptors (Lipinski definition) is 4. The fraction of sp³-hybridized carbons (Fsp3) is 0.261. The minimum Gasteiger partial charge on any atom is -0.379 e. The Kier molecular flexibility index (Phi) is 5.60. The molecule has 1 aliphatic rings. The SMILES string of the molecule is Cc1ccc(S(=O)(=O)N2CCOCC2)cc1C(=O)N(C)c1ccc2ccccc2c1. The highest BCUT2D eigenvalue weighted by molar-refractivity contribution is 7.89. The van der Waals surface area contributed by atoms with Gasteiger partial charge in [-0.1, -0.05) is 36.4 Å². The van der Waals surface area contributed by atoms with E-state index in [0.717, 1.165) is 22.0 Å². The van der Waals surface area contributed by atoms with Crippen molar-refractivity contribution in [2.45, 2.75) is 11.8 Å². The number of morpholine rings is 1. The first-order chi connectivity index (χ1) is 14.4. The lowest BCUT2D eigenvalue weighted by Crippen LogP contribution is -2.40. The zero-order valence-electron chi connectivity index (χ0n) is 17.0. The summed E-state index contributed by atoms with van der Waals surface area (Å²) in [5, 5.41) is 2.13. The van der Waals surface area contributed by atoms with Crippen LogP contribution in [0, 0.1) is 6.92 Å². The van der Waals surface area contributed by atoms with Crippen LogP contribution in [0.5, 0.6) is 0 Å². The van der Waals surface area contributed by atoms with E-state index in [4.69, 9.17) is 4.74 Å². The van der Waals surface area contributed by atoms with Crippen molar-refractivity contribution in [2.75, 3.05) is 38.3 Å². The van der Waals surface area contributed by atoms with Crippen LogP contribution in [0.15, 0.2) is 65.6 Å². The van der Waals surface area contributed by atoms with E-state index in [0.29, 0.717) is 31.9 Å². The molecule has 4 rings (SSSR count). The monoisotopic (exact) mass is 424 g/mol. The third-order valence-electron chi connectivity index (χ3n) is 5.47. The maximum atomic E-state index is 13.3. The lowest BCUT2D eigenvalue weighted by atomic mass is 10.1. The minimum atomic E-state index is -3.67. The van der Waals surface area contributed by atoms with Crippen molar-refractivity contribution < 1.29 is 17.9 Å². The average molecular weight is 425 g/mol. The molecule has 0 atom stereocenters. The zero-order chi connectivity index (χ0) is 21.3. The van der Waals surface area contributed by atoms with E-state index in [2.05, 4.69) is 0 Å². The van der Waals surface area contributed by atoms with Gasteiger partial charge in [-0.15, -0.1) is 0 Å². The third-order valence-corrected chi connectivity index (χ3v) is 7.37. The molecule has 1 amide bonds. The number of fused-ring (bicyclic) bond motifs is 1. The van der Waals surface area contributed by atoms with Crippen LogP contribution in [0.4, 0.5) is 5.69 Å². The van der Waals surface area contributed by atoms with E-state index in [1.165, 1.54) is 10.4 Å². The molecule has 6 nitrogen and oxygen atoms in total. The van der Waals surface area contributed by atoms with Crippen molar-refractivity contribution in [1.82, 2.24) is 4.31 Å². The van der Waals surface area contributed by atoms with Crippen molar-refractivity contribution in [3.63, 3.8) is 0 Å². The highest BCUT2D eigenvalue weighted by Gasteiger charge is 2.28. The summed E-state index contributed by atoms with van der Waals surface area (Å²) in [5.74, 6) is -0.248. The molecule has 7 heteroatoms. The summed E-state index contributed by atoms with van der Waals surface area (Å²) in [6.45, 7) is 3.20. The van der Waals surface area contributed by atoms with Gasteiger partial charge in [0.15, 0.2) is 0 Å². The molecule has 0 radical (unpaired) electrons. The molecular weight excluding hydrogens is 400 g/mol. The van der Waals surface area contributed by atoms with Gasteiger partial charge in [-0.05, 0) is 47.5 Å². The number of anilines is 1. The molecule has 3 aromatic carbocycles. The average Bonchev–Trinajstić information content (AvgIpc) is 2.78. The number of carbonyl (C=O) groups is 1. The van der Waals surface area contributed by atoms with Gasteiger partial charge in [0.1, 0.15) is 0 Å². The molecule has 1 heterocycles. The molecule has 0 N–H and O–H groups in total. The molecule has 30 heavy (non-hydrogen) atoms. The van der Waals surface area contributed by atoms with Gasteiger partial charge < -0.3 is 9.64 Å². The number of benzene rings is 3. The normalized spacial score (nSPS) is 15.3. The molecule has 1 aliphatic heterocycles. The fourth-order valence-electron chi connectivity index (χ4n) is 3.61. The van der Waals surface area contributed by atoms with Crippen LogP contribution < -0.4 is 4.90 Å². The Balaban J connectivity index is 1.67. The van der Waals surface area contributed by atoms with Gasteiger partial charge in [0.2, 0.25) is 10.0 Å². The Morgan fingerprint density at radius 2 is 1.67 bits per heavy atom. The van der Waals surface area contributed by atoms with E-state index >= 15 is 0 Å². The Hall–Kier alpha value is -2.74. The number of hydrogen-bond donors (Lipinski definition) is 0. The van der Waals surface area contributed by atoms with Gasteiger partial charge in [0.05, 0.1) is 18.1 Å². The predicted molar refractivity (Wildman–Crippen MR) is 117 cm³/mol. The van der Waals surface area contributed by atoms with Gasteiger partial charge in [-0.3, -0.25) is 4.79 Å². The van der Waals surface area contributed by atoms with Crippen LogP contribution in [-0.2, 0) is 14.8 Å². The Morgan fingerprint density at radius 1 is 0.967 bits per heavy atom. The summed E-state index contributed by atoms with van der Waals surface area (Å²) < 4.78 is 32.7. The van der Waals surface area contributed by atoms with E-state index in [-0.39, 0.29) is 10.8 Å². The lowest BCUT2D eigenvalue weighted by Gasteiger charge is -2.26. The lowest BCUT2D eigenvalue weighted by molar-refractivity contribution is 0.0730. The first-order valence-electron chi connectivity index (χ1n) is 9.83. The van der Waals surface area contributed by atoms with Gasteiger partial charge >= 0.3 is 0 Å². The van der Waals surface area contributed by atoms with Crippen LogP contribution in [0.2, 0.25) is 0 Å². The highest BCUT2D eigenvalue weighted by atomic mass is 32.2. The standard InChI is InChI=1S/C23H24N2O4S/c1-17-7-10-21(30(27,28)25-11-13-29-14-12-25)16-22(17)23(26)24(2)20-9-8-18-5-3-4-6-19(18)15-20/h3-10,15-16H,11-14H2,1-2H3. The van der Waals surface area contributed by atoms with Gasteiger partial charge in [0.25, 0.3) is 5.91 Å². The largest absolute Gasteiger partial charge is 0.379 e. The van der Waals surface area contributed by atoms with Crippen LogP contribution >= 0.6 is 0 Å². The molecule has 156 valence electrons. The predicted octanol–water partition coefficient (Wildman–Crippen LogP) is 3.45. The summed E-state index contributed by atoms with van der Waals surface area (Å²) in [4.78, 5) is 14.9. The summed E-state index contributed by atoms with van der Waals surface area (Å²) >= 11 is 0. The molecule has 3 aromatic rings. The summed E-state index contributed by atoms with van der Waals surface area (Å²) in [6.07, 6.45) is 0. The van der Waals surface area contributed by atoms with Gasteiger partial charge in [-0.25, -0.2) is 8.42 Å². The molecular formula is C23H24N2O4S. The maximum Gasteiger partial charge on any atom is 0.258 e. The number of ether oxygens (including phenoxy) is 1. The summed E-state index contributed by atoms with van der Waals surface area (Å²) in [5.41, 5.74) is 1.85. The third kappa shape index (κ3) is 3.84. The second-order valence-electron chi connectivity index (χ2n) is 7.39. The van der Waals surface area contributed by atoms with Crippen LogP contribution in [0.1, 0.15) is 15.9 Å². The number of amides is 1. The Bertz CT molecular complexity index is 1200. The van der Waals surface area contributed by atoms with E-state index < -0.39 is 10.0 Å². The number of aryl methyl sites for hydroxylation is 1. The first-order valence-corrected chi connectivity index (χ1v) is 11.3. The van der Waals surface area contributed by atoms with Crippen LogP contribution in [-0.4, -0.2) is 52.0 Å². The molecule has 1 saturated heterocycles. The van der Waals surface area contributed by atoms with E-state index in [1.54, 1.807) is 24.1 Å². The van der Waals surface area contributed by atoms with Crippen LogP contribution in [0.3, 0.4) is 0 Å². The molecule has 1 fully saturated rings. The molecule has 0 aliphatic carbocycles. The molecule has 0 aromatic heterocycles. The second-order valence-corrected chi connectivity index (χ2v) is 9.33. The minimum absolute atomic E-state index is 0.130. The molecule has 0 spiro atoms. The maximum absolute atomic E-state index is 13.3. The Morgan fingerprint density at radius 3 is 2.40 bits per heavy atom. The van der Waals surface area contributed by atoms with E-state index in [1.807, 2.05) is 49.4 Å². The topological polar surface area (TPSA) is 66.9 Å². The number of carbonyl (C=O) groups excluding carboxylic acids is 1. The number of rotatable bonds is 4. The second kappa shape index (κ2) is 8.18. The molecule has 0 unspecified atom stereocenters. The van der Waals surface area contributed by atoms with E-state index in [9.17, 15) is 13.2 Å². The van der Waals surface area contributed by atoms with Crippen molar-refractivity contribution >= 4 is 32.4 Å². The summed E-state index contributed by atoms with van der Waals surface area (Å²) in [7, 11) is -1.97. The smallest absolute Gasteiger partial charge is 0.258 e. The highest BCUT2D eigenvalue weighted by Crippen LogP contribution is 2.25. The summed E-state index contributed by atoms with van der Waals surface area (Å²) in [6, 6.07) is 18.5. The molecule has 0 bridgehead atoms. The quantitative estimate of drug-likeness (QED) is 0.643. The van der Waals surface area contributed by atoms with Crippen LogP contribution in [0.25, 0.3) is 10.8 Å². The van der Waals surface area contributed by atoms with Crippen molar-refractivity contribution in [2.24, 2.45) is 0 Å². The molecule has 0 saturated carbocycles. The fourth-order valence-corrected chi connectivity index (χ4v) is 5.05. The van der Waals surface area contributed by atoms with Gasteiger partial charge in [0, 0.05) is 31.4 Å². The van der Waals surface area contributed by atoms with Gasteiger partial charge in [-0.2, -0.15) is 4.31 Å². The zero-order valence-corrected chi connectivity index (χ0v) is 17.9. The van der Waals surface area contributed by atoms with Crippen molar-refractivity contribution in [1.29, 1.82) is 0 Å². The Labute approximate surface area is 176 Å². The number of nitrogens with zero attached hydrogens (tertiary/aromatic N) is 2.